The predicted octanol–water partition coefficient (Wildman–Crippen LogP) is 0.739. The van der Waals surface area contributed by atoms with Crippen molar-refractivity contribution in [3.05, 3.63) is 23.3 Å². The van der Waals surface area contributed by atoms with Crippen LogP contribution >= 0.6 is 11.8 Å². The highest BCUT2D eigenvalue weighted by Crippen LogP contribution is 2.41. The highest BCUT2D eigenvalue weighted by molar-refractivity contribution is 8.00. The van der Waals surface area contributed by atoms with E-state index in [4.69, 9.17) is 9.84 Å². The number of hydrogen-bond donors (Lipinski definition) is 2. The lowest BCUT2D eigenvalue weighted by molar-refractivity contribution is -0.133. The second-order valence-corrected chi connectivity index (χ2v) is 5.44. The van der Waals surface area contributed by atoms with Gasteiger partial charge in [-0.25, -0.2) is 4.79 Å². The Balaban J connectivity index is 2.51. The van der Waals surface area contributed by atoms with Crippen LogP contribution in [-0.2, 0) is 14.3 Å². The lowest BCUT2D eigenvalue weighted by Crippen LogP contribution is -2.43. The molecule has 6 heteroatoms. The number of carbonyl (C=O) groups is 2. The fraction of sp³-hybridized carbons (Fsp3) is 0.500. The van der Waals surface area contributed by atoms with E-state index in [1.807, 2.05) is 0 Å². The first-order chi connectivity index (χ1) is 8.60. The van der Waals surface area contributed by atoms with E-state index in [0.717, 1.165) is 12.2 Å². The molecule has 2 rings (SSSR count). The van der Waals surface area contributed by atoms with Gasteiger partial charge in [0.25, 0.3) is 0 Å². The molecule has 0 aromatic rings. The fourth-order valence-electron chi connectivity index (χ4n) is 2.10. The van der Waals surface area contributed by atoms with Gasteiger partial charge in [-0.1, -0.05) is 12.2 Å². The average molecular weight is 270 g/mol. The Labute approximate surface area is 109 Å². The van der Waals surface area contributed by atoms with Gasteiger partial charge in [-0.3, -0.25) is 4.79 Å². The van der Waals surface area contributed by atoms with Crippen molar-refractivity contribution in [3.8, 4) is 0 Å². The van der Waals surface area contributed by atoms with Crippen LogP contribution in [0, 0.1) is 0 Å². The Morgan fingerprint density at radius 2 is 2.33 bits per heavy atom. The van der Waals surface area contributed by atoms with Gasteiger partial charge in [0.05, 0.1) is 17.8 Å². The van der Waals surface area contributed by atoms with Gasteiger partial charge < -0.3 is 14.9 Å². The van der Waals surface area contributed by atoms with Gasteiger partial charge in [0.2, 0.25) is 0 Å². The number of aliphatic hydroxyl groups excluding tert-OH is 1. The SMILES string of the molecule is O=C(O)C1=C([C@@]2(CO)OCCCS2)C(=O)CC=C1. The number of carboxylic acid groups (broad SMARTS) is 1. The van der Waals surface area contributed by atoms with Gasteiger partial charge in [0, 0.05) is 13.0 Å². The van der Waals surface area contributed by atoms with Crippen LogP contribution in [0.3, 0.4) is 0 Å². The van der Waals surface area contributed by atoms with Crippen molar-refractivity contribution in [2.24, 2.45) is 0 Å². The lowest BCUT2D eigenvalue weighted by Gasteiger charge is -2.37. The van der Waals surface area contributed by atoms with E-state index < -0.39 is 17.5 Å². The van der Waals surface area contributed by atoms with E-state index >= 15 is 0 Å². The zero-order valence-corrected chi connectivity index (χ0v) is 10.5. The number of ketones is 1. The summed E-state index contributed by atoms with van der Waals surface area (Å²) in [6.07, 6.45) is 3.91. The summed E-state index contributed by atoms with van der Waals surface area (Å²) in [7, 11) is 0. The number of carbonyl (C=O) groups excluding carboxylic acids is 1. The first-order valence-electron chi connectivity index (χ1n) is 5.67. The van der Waals surface area contributed by atoms with Crippen molar-refractivity contribution >= 4 is 23.5 Å². The number of thioether (sulfide) groups is 1. The second-order valence-electron chi connectivity index (χ2n) is 4.08. The van der Waals surface area contributed by atoms with Gasteiger partial charge >= 0.3 is 5.97 Å². The van der Waals surface area contributed by atoms with Crippen LogP contribution in [0.25, 0.3) is 0 Å². The van der Waals surface area contributed by atoms with Gasteiger partial charge in [0.15, 0.2) is 10.7 Å². The number of rotatable bonds is 3. The summed E-state index contributed by atoms with van der Waals surface area (Å²) in [5, 5.41) is 18.7. The van der Waals surface area contributed by atoms with Gasteiger partial charge in [-0.15, -0.1) is 11.8 Å². The number of aliphatic hydroxyl groups is 1. The van der Waals surface area contributed by atoms with E-state index in [9.17, 15) is 14.7 Å². The fourth-order valence-corrected chi connectivity index (χ4v) is 3.32. The number of ether oxygens (including phenoxy) is 1. The molecule has 5 nitrogen and oxygen atoms in total. The molecule has 1 heterocycles. The Hall–Kier alpha value is -1.11. The van der Waals surface area contributed by atoms with Crippen LogP contribution in [0.4, 0.5) is 0 Å². The van der Waals surface area contributed by atoms with Crippen LogP contribution in [0.15, 0.2) is 23.3 Å². The maximum atomic E-state index is 12.0. The Bertz CT molecular complexity index is 432. The maximum Gasteiger partial charge on any atom is 0.336 e. The monoisotopic (exact) mass is 270 g/mol. The highest BCUT2D eigenvalue weighted by Gasteiger charge is 2.44. The Kier molecular flexibility index (Phi) is 3.89. The summed E-state index contributed by atoms with van der Waals surface area (Å²) in [6, 6.07) is 0. The molecule has 1 saturated heterocycles. The molecule has 0 aromatic carbocycles. The number of Topliss-reactive ketones (excluding diaryl/α,β-unsaturated/α-hetero) is 1. The third kappa shape index (κ3) is 2.23. The van der Waals surface area contributed by atoms with Crippen LogP contribution in [-0.4, -0.2) is 45.9 Å². The highest BCUT2D eigenvalue weighted by atomic mass is 32.2. The minimum absolute atomic E-state index is 0.0744. The molecule has 1 atom stereocenters. The van der Waals surface area contributed by atoms with E-state index in [0.29, 0.717) is 6.61 Å². The minimum atomic E-state index is -1.21. The molecule has 98 valence electrons. The summed E-state index contributed by atoms with van der Waals surface area (Å²) >= 11 is 1.29. The lowest BCUT2D eigenvalue weighted by atomic mass is 9.91. The molecule has 0 spiro atoms. The standard InChI is InChI=1S/C12H14O5S/c13-7-12(17-5-2-6-18-12)10-8(11(15)16)3-1-4-9(10)14/h1,3,13H,2,4-7H2,(H,15,16)/t12-/m0/s1. The zero-order valence-electron chi connectivity index (χ0n) is 9.72. The molecule has 0 unspecified atom stereocenters. The molecule has 0 radical (unpaired) electrons. The summed E-state index contributed by atoms with van der Waals surface area (Å²) in [5.41, 5.74) is 0.0133. The first-order valence-corrected chi connectivity index (χ1v) is 6.66. The van der Waals surface area contributed by atoms with Gasteiger partial charge in [-0.2, -0.15) is 0 Å². The molecular formula is C12H14O5S. The third-order valence-electron chi connectivity index (χ3n) is 2.91. The van der Waals surface area contributed by atoms with E-state index in [1.54, 1.807) is 0 Å². The molecule has 2 aliphatic rings. The van der Waals surface area contributed by atoms with E-state index in [2.05, 4.69) is 0 Å². The average Bonchev–Trinajstić information content (AvgIpc) is 2.39. The largest absolute Gasteiger partial charge is 0.478 e. The molecule has 0 aromatic heterocycles. The smallest absolute Gasteiger partial charge is 0.336 e. The number of hydrogen-bond acceptors (Lipinski definition) is 5. The van der Waals surface area contributed by atoms with Crippen molar-refractivity contribution in [2.45, 2.75) is 17.8 Å². The molecule has 2 N–H and O–H groups in total. The van der Waals surface area contributed by atoms with Crippen molar-refractivity contribution in [3.63, 3.8) is 0 Å². The summed E-state index contributed by atoms with van der Waals surface area (Å²) < 4.78 is 5.54. The zero-order chi connectivity index (χ0) is 13.2. The number of allylic oxidation sites excluding steroid dienone is 1. The molecule has 0 saturated carbocycles. The topological polar surface area (TPSA) is 83.8 Å². The maximum absolute atomic E-state index is 12.0. The van der Waals surface area contributed by atoms with Gasteiger partial charge in [0.1, 0.15) is 0 Å². The molecule has 0 bridgehead atoms. The molecule has 1 fully saturated rings. The normalized spacial score (nSPS) is 28.6. The third-order valence-corrected chi connectivity index (χ3v) is 4.32. The Morgan fingerprint density at radius 3 is 2.89 bits per heavy atom. The number of carboxylic acids is 1. The molecule has 1 aliphatic carbocycles. The van der Waals surface area contributed by atoms with E-state index in [-0.39, 0.29) is 23.4 Å². The predicted molar refractivity (Wildman–Crippen MR) is 66.3 cm³/mol. The summed E-state index contributed by atoms with van der Waals surface area (Å²) in [5.74, 6) is -0.733. The van der Waals surface area contributed by atoms with Crippen LogP contribution in [0.2, 0.25) is 0 Å². The van der Waals surface area contributed by atoms with Crippen LogP contribution in [0.5, 0.6) is 0 Å². The van der Waals surface area contributed by atoms with Gasteiger partial charge in [-0.05, 0) is 12.2 Å². The summed E-state index contributed by atoms with van der Waals surface area (Å²) in [6.45, 7) is 0.0182. The number of aliphatic carboxylic acids is 1. The van der Waals surface area contributed by atoms with Crippen molar-refractivity contribution in [2.75, 3.05) is 19.0 Å². The van der Waals surface area contributed by atoms with E-state index in [1.165, 1.54) is 23.9 Å². The molecule has 18 heavy (non-hydrogen) atoms. The second kappa shape index (κ2) is 5.26. The van der Waals surface area contributed by atoms with Crippen LogP contribution < -0.4 is 0 Å². The summed E-state index contributed by atoms with van der Waals surface area (Å²) in [4.78, 5) is 22.0. The molecule has 1 aliphatic heterocycles. The molecule has 0 amide bonds. The first kappa shape index (κ1) is 13.3. The van der Waals surface area contributed by atoms with Crippen molar-refractivity contribution in [1.29, 1.82) is 0 Å². The van der Waals surface area contributed by atoms with Crippen molar-refractivity contribution < 1.29 is 24.5 Å². The molecular weight excluding hydrogens is 256 g/mol. The quantitative estimate of drug-likeness (QED) is 0.787. The minimum Gasteiger partial charge on any atom is -0.478 e. The van der Waals surface area contributed by atoms with Crippen molar-refractivity contribution in [1.82, 2.24) is 0 Å². The Morgan fingerprint density at radius 1 is 1.56 bits per heavy atom. The van der Waals surface area contributed by atoms with Crippen LogP contribution in [0.1, 0.15) is 12.8 Å².